The third kappa shape index (κ3) is 2.03. The Morgan fingerprint density at radius 2 is 2.25 bits per heavy atom. The lowest BCUT2D eigenvalue weighted by Gasteiger charge is -2.12. The van der Waals surface area contributed by atoms with Crippen LogP contribution in [0.2, 0.25) is 0 Å². The van der Waals surface area contributed by atoms with E-state index in [9.17, 15) is 4.79 Å². The minimum Gasteiger partial charge on any atom is -0.395 e. The average molecular weight is 222 g/mol. The number of aryl methyl sites for hydroxylation is 1. The van der Waals surface area contributed by atoms with Gasteiger partial charge in [0, 0.05) is 25.2 Å². The zero-order valence-corrected chi connectivity index (χ0v) is 9.60. The third-order valence-corrected chi connectivity index (χ3v) is 3.13. The molecule has 0 amide bonds. The highest BCUT2D eigenvalue weighted by Gasteiger charge is 2.23. The van der Waals surface area contributed by atoms with Gasteiger partial charge in [-0.1, -0.05) is 0 Å². The zero-order chi connectivity index (χ0) is 11.5. The fourth-order valence-electron chi connectivity index (χ4n) is 2.31. The van der Waals surface area contributed by atoms with Gasteiger partial charge in [0.15, 0.2) is 5.78 Å². The minimum atomic E-state index is 0.143. The molecule has 0 aromatic carbocycles. The molecule has 0 saturated carbocycles. The fourth-order valence-corrected chi connectivity index (χ4v) is 2.31. The van der Waals surface area contributed by atoms with Gasteiger partial charge in [0.25, 0.3) is 0 Å². The van der Waals surface area contributed by atoms with Crippen molar-refractivity contribution in [2.24, 2.45) is 0 Å². The van der Waals surface area contributed by atoms with Crippen molar-refractivity contribution in [1.82, 2.24) is 10.3 Å². The number of ketones is 1. The number of H-pyrrole nitrogens is 1. The van der Waals surface area contributed by atoms with Crippen molar-refractivity contribution in [2.75, 3.05) is 13.2 Å². The Labute approximate surface area is 95.1 Å². The molecule has 3 N–H and O–H groups in total. The van der Waals surface area contributed by atoms with Crippen LogP contribution < -0.4 is 5.32 Å². The van der Waals surface area contributed by atoms with Crippen LogP contribution in [0.25, 0.3) is 0 Å². The predicted molar refractivity (Wildman–Crippen MR) is 61.6 cm³/mol. The van der Waals surface area contributed by atoms with E-state index in [1.807, 2.05) is 6.92 Å². The summed E-state index contributed by atoms with van der Waals surface area (Å²) >= 11 is 0. The lowest BCUT2D eigenvalue weighted by Crippen LogP contribution is -2.19. The van der Waals surface area contributed by atoms with E-state index >= 15 is 0 Å². The molecule has 16 heavy (non-hydrogen) atoms. The maximum Gasteiger partial charge on any atom is 0.179 e. The lowest BCUT2D eigenvalue weighted by atomic mass is 9.93. The molecule has 2 rings (SSSR count). The van der Waals surface area contributed by atoms with Crippen LogP contribution in [0.3, 0.4) is 0 Å². The highest BCUT2D eigenvalue weighted by molar-refractivity contribution is 5.97. The summed E-state index contributed by atoms with van der Waals surface area (Å²) in [7, 11) is 0. The number of nitrogens with one attached hydrogen (secondary N) is 2. The summed E-state index contributed by atoms with van der Waals surface area (Å²) < 4.78 is 0. The molecule has 1 aliphatic carbocycles. The van der Waals surface area contributed by atoms with E-state index in [1.165, 1.54) is 11.1 Å². The number of aliphatic hydroxyl groups is 1. The summed E-state index contributed by atoms with van der Waals surface area (Å²) in [4.78, 5) is 14.9. The van der Waals surface area contributed by atoms with Crippen LogP contribution in [0.5, 0.6) is 0 Å². The van der Waals surface area contributed by atoms with Gasteiger partial charge in [0.2, 0.25) is 0 Å². The number of aromatic nitrogens is 1. The molecule has 4 heteroatoms. The van der Waals surface area contributed by atoms with E-state index < -0.39 is 0 Å². The SMILES string of the molecule is Cc1[nH]c2c(c1CNCCO)CCCC2=O. The largest absolute Gasteiger partial charge is 0.395 e. The number of hydrogen-bond donors (Lipinski definition) is 3. The Hall–Kier alpha value is -1.13. The van der Waals surface area contributed by atoms with Crippen molar-refractivity contribution in [2.45, 2.75) is 32.7 Å². The fraction of sp³-hybridized carbons (Fsp3) is 0.583. The molecule has 4 nitrogen and oxygen atoms in total. The van der Waals surface area contributed by atoms with Crippen molar-refractivity contribution < 1.29 is 9.90 Å². The molecule has 1 aromatic heterocycles. The van der Waals surface area contributed by atoms with Crippen LogP contribution in [0.1, 0.15) is 40.2 Å². The number of aliphatic hydroxyl groups excluding tert-OH is 1. The van der Waals surface area contributed by atoms with Crippen molar-refractivity contribution in [3.63, 3.8) is 0 Å². The van der Waals surface area contributed by atoms with Gasteiger partial charge in [-0.15, -0.1) is 0 Å². The van der Waals surface area contributed by atoms with Gasteiger partial charge in [0.05, 0.1) is 12.3 Å². The van der Waals surface area contributed by atoms with Crippen molar-refractivity contribution in [3.05, 3.63) is 22.5 Å². The number of fused-ring (bicyclic) bond motifs is 1. The van der Waals surface area contributed by atoms with Crippen LogP contribution in [-0.2, 0) is 13.0 Å². The van der Waals surface area contributed by atoms with Crippen LogP contribution >= 0.6 is 0 Å². The Morgan fingerprint density at radius 1 is 1.44 bits per heavy atom. The molecule has 1 heterocycles. The third-order valence-electron chi connectivity index (χ3n) is 3.13. The standard InChI is InChI=1S/C12H18N2O2/c1-8-10(7-13-5-6-15)9-3-2-4-11(16)12(9)14-8/h13-15H,2-7H2,1H3. The molecule has 0 unspecified atom stereocenters. The second kappa shape index (κ2) is 4.80. The normalized spacial score (nSPS) is 15.2. The van der Waals surface area contributed by atoms with E-state index in [0.29, 0.717) is 13.0 Å². The summed E-state index contributed by atoms with van der Waals surface area (Å²) in [5, 5.41) is 11.9. The van der Waals surface area contributed by atoms with Gasteiger partial charge in [0.1, 0.15) is 0 Å². The Morgan fingerprint density at radius 3 is 3.00 bits per heavy atom. The number of Topliss-reactive ketones (excluding diaryl/α,β-unsaturated/α-hetero) is 1. The Kier molecular flexibility index (Phi) is 3.41. The number of carbonyl (C=O) groups excluding carboxylic acids is 1. The second-order valence-corrected chi connectivity index (χ2v) is 4.26. The molecule has 88 valence electrons. The first-order chi connectivity index (χ1) is 7.74. The molecule has 0 atom stereocenters. The highest BCUT2D eigenvalue weighted by Crippen LogP contribution is 2.26. The summed E-state index contributed by atoms with van der Waals surface area (Å²) in [6.07, 6.45) is 2.61. The maximum absolute atomic E-state index is 11.7. The number of hydrogen-bond acceptors (Lipinski definition) is 3. The van der Waals surface area contributed by atoms with Crippen LogP contribution in [0.4, 0.5) is 0 Å². The summed E-state index contributed by atoms with van der Waals surface area (Å²) in [5.74, 6) is 0.234. The van der Waals surface area contributed by atoms with Gasteiger partial charge >= 0.3 is 0 Å². The quantitative estimate of drug-likeness (QED) is 0.664. The molecule has 0 bridgehead atoms. The Bertz CT molecular complexity index is 396. The monoisotopic (exact) mass is 222 g/mol. The van der Waals surface area contributed by atoms with E-state index in [2.05, 4.69) is 10.3 Å². The van der Waals surface area contributed by atoms with E-state index in [1.54, 1.807) is 0 Å². The van der Waals surface area contributed by atoms with E-state index in [-0.39, 0.29) is 12.4 Å². The topological polar surface area (TPSA) is 65.1 Å². The average Bonchev–Trinajstić information content (AvgIpc) is 2.58. The molecule has 0 aliphatic heterocycles. The number of carbonyl (C=O) groups is 1. The van der Waals surface area contributed by atoms with Crippen LogP contribution in [0.15, 0.2) is 0 Å². The smallest absolute Gasteiger partial charge is 0.179 e. The van der Waals surface area contributed by atoms with Gasteiger partial charge < -0.3 is 15.4 Å². The van der Waals surface area contributed by atoms with Crippen molar-refractivity contribution in [1.29, 1.82) is 0 Å². The Balaban J connectivity index is 2.21. The summed E-state index contributed by atoms with van der Waals surface area (Å²) in [6, 6.07) is 0. The van der Waals surface area contributed by atoms with Gasteiger partial charge in [-0.05, 0) is 30.9 Å². The lowest BCUT2D eigenvalue weighted by molar-refractivity contribution is 0.0968. The molecule has 1 aliphatic rings. The first kappa shape index (κ1) is 11.4. The molecule has 1 aromatic rings. The van der Waals surface area contributed by atoms with Gasteiger partial charge in [-0.25, -0.2) is 0 Å². The highest BCUT2D eigenvalue weighted by atomic mass is 16.3. The predicted octanol–water partition coefficient (Wildman–Crippen LogP) is 0.924. The molecule has 0 spiro atoms. The maximum atomic E-state index is 11.7. The molecule has 0 radical (unpaired) electrons. The molecular formula is C12H18N2O2. The van der Waals surface area contributed by atoms with Crippen molar-refractivity contribution >= 4 is 5.78 Å². The van der Waals surface area contributed by atoms with E-state index in [0.717, 1.165) is 30.8 Å². The van der Waals surface area contributed by atoms with Gasteiger partial charge in [-0.2, -0.15) is 0 Å². The van der Waals surface area contributed by atoms with Crippen LogP contribution in [-0.4, -0.2) is 29.0 Å². The van der Waals surface area contributed by atoms with Gasteiger partial charge in [-0.3, -0.25) is 4.79 Å². The minimum absolute atomic E-state index is 0.143. The van der Waals surface area contributed by atoms with Crippen LogP contribution in [0, 0.1) is 6.92 Å². The molecule has 0 fully saturated rings. The van der Waals surface area contributed by atoms with E-state index in [4.69, 9.17) is 5.11 Å². The molecular weight excluding hydrogens is 204 g/mol. The first-order valence-corrected chi connectivity index (χ1v) is 5.79. The summed E-state index contributed by atoms with van der Waals surface area (Å²) in [5.41, 5.74) is 4.27. The first-order valence-electron chi connectivity index (χ1n) is 5.79. The zero-order valence-electron chi connectivity index (χ0n) is 9.60. The summed E-state index contributed by atoms with van der Waals surface area (Å²) in [6.45, 7) is 3.46. The molecule has 0 saturated heterocycles. The number of aromatic amines is 1. The number of rotatable bonds is 4. The van der Waals surface area contributed by atoms with Crippen molar-refractivity contribution in [3.8, 4) is 0 Å². The second-order valence-electron chi connectivity index (χ2n) is 4.26.